The Balaban J connectivity index is 1.39. The number of carbonyl (C=O) groups is 2. The van der Waals surface area contributed by atoms with Crippen LogP contribution in [-0.4, -0.2) is 68.5 Å². The molecule has 0 aliphatic carbocycles. The van der Waals surface area contributed by atoms with Gasteiger partial charge in [0.25, 0.3) is 5.91 Å². The molecule has 0 bridgehead atoms. The van der Waals surface area contributed by atoms with Crippen molar-refractivity contribution in [1.82, 2.24) is 19.8 Å². The minimum atomic E-state index is -0.266. The number of aliphatic hydroxyl groups excluding tert-OH is 1. The monoisotopic (exact) mass is 414 g/mol. The lowest BCUT2D eigenvalue weighted by atomic mass is 9.73. The first-order valence-electron chi connectivity index (χ1n) is 10.3. The van der Waals surface area contributed by atoms with Crippen molar-refractivity contribution < 1.29 is 14.7 Å². The third-order valence-corrected chi connectivity index (χ3v) is 6.24. The molecule has 0 radical (unpaired) electrons. The van der Waals surface area contributed by atoms with E-state index >= 15 is 0 Å². The largest absolute Gasteiger partial charge is 0.394 e. The first-order chi connectivity index (χ1) is 15.2. The summed E-state index contributed by atoms with van der Waals surface area (Å²) in [6, 6.07) is 15.1. The number of amides is 2. The molecule has 3 aromatic rings. The van der Waals surface area contributed by atoms with Gasteiger partial charge in [-0.25, -0.2) is 0 Å². The molecule has 0 unspecified atom stereocenters. The predicted octanol–water partition coefficient (Wildman–Crippen LogP) is 1.95. The highest BCUT2D eigenvalue weighted by Gasteiger charge is 2.54. The lowest BCUT2D eigenvalue weighted by Gasteiger charge is -2.58. The Kier molecular flexibility index (Phi) is 4.95. The number of nitrogens with zero attached hydrogens (tertiary/aromatic N) is 4. The van der Waals surface area contributed by atoms with Crippen molar-refractivity contribution >= 4 is 11.8 Å². The standard InChI is InChI=1S/C24H22N4O3/c29-15-21-23(17-7-5-16(6-8-17)18-3-1-9-25-11-18)20-13-27(14-22(30)28(20)21)24(31)19-4-2-10-26-12-19/h1-12,20-21,23,29H,13-15H2/t20-,21-,23-/m1/s1. The van der Waals surface area contributed by atoms with Gasteiger partial charge in [-0.1, -0.05) is 30.3 Å². The number of hydrogen-bond donors (Lipinski definition) is 1. The second-order valence-electron chi connectivity index (χ2n) is 7.94. The van der Waals surface area contributed by atoms with Crippen LogP contribution in [0, 0.1) is 0 Å². The number of aromatic nitrogens is 2. The fraction of sp³-hybridized carbons (Fsp3) is 0.250. The van der Waals surface area contributed by atoms with Crippen LogP contribution in [0.3, 0.4) is 0 Å². The van der Waals surface area contributed by atoms with Crippen LogP contribution in [-0.2, 0) is 4.79 Å². The van der Waals surface area contributed by atoms with Crippen LogP contribution in [0.15, 0.2) is 73.3 Å². The molecule has 0 spiro atoms. The Morgan fingerprint density at radius 2 is 1.74 bits per heavy atom. The van der Waals surface area contributed by atoms with E-state index in [0.717, 1.165) is 16.7 Å². The van der Waals surface area contributed by atoms with Crippen molar-refractivity contribution in [3.8, 4) is 11.1 Å². The van der Waals surface area contributed by atoms with Gasteiger partial charge in [0.1, 0.15) is 6.54 Å². The summed E-state index contributed by atoms with van der Waals surface area (Å²) < 4.78 is 0. The van der Waals surface area contributed by atoms with Crippen molar-refractivity contribution in [1.29, 1.82) is 0 Å². The number of aliphatic hydroxyl groups is 1. The Morgan fingerprint density at radius 3 is 2.39 bits per heavy atom. The van der Waals surface area contributed by atoms with Gasteiger partial charge in [0, 0.05) is 37.3 Å². The summed E-state index contributed by atoms with van der Waals surface area (Å²) in [7, 11) is 0. The van der Waals surface area contributed by atoms with Crippen molar-refractivity contribution in [3.63, 3.8) is 0 Å². The minimum Gasteiger partial charge on any atom is -0.394 e. The molecule has 1 aromatic carbocycles. The third-order valence-electron chi connectivity index (χ3n) is 6.24. The van der Waals surface area contributed by atoms with Gasteiger partial charge in [0.15, 0.2) is 0 Å². The summed E-state index contributed by atoms with van der Waals surface area (Å²) in [6.07, 6.45) is 6.69. The summed E-state index contributed by atoms with van der Waals surface area (Å²) in [4.78, 5) is 37.2. The second-order valence-corrected chi connectivity index (χ2v) is 7.94. The maximum atomic E-state index is 12.9. The van der Waals surface area contributed by atoms with E-state index in [9.17, 15) is 14.7 Å². The van der Waals surface area contributed by atoms with Crippen LogP contribution in [0.1, 0.15) is 21.8 Å². The van der Waals surface area contributed by atoms with Gasteiger partial charge in [-0.3, -0.25) is 19.6 Å². The molecule has 2 aliphatic rings. The Labute approximate surface area is 180 Å². The summed E-state index contributed by atoms with van der Waals surface area (Å²) in [5, 5.41) is 9.97. The van der Waals surface area contributed by atoms with E-state index in [-0.39, 0.29) is 43.0 Å². The summed E-state index contributed by atoms with van der Waals surface area (Å²) in [5.41, 5.74) is 3.61. The van der Waals surface area contributed by atoms with Crippen LogP contribution in [0.25, 0.3) is 11.1 Å². The molecule has 4 heterocycles. The van der Waals surface area contributed by atoms with Crippen molar-refractivity contribution in [2.75, 3.05) is 19.7 Å². The van der Waals surface area contributed by atoms with Gasteiger partial charge in [-0.05, 0) is 34.9 Å². The highest BCUT2D eigenvalue weighted by atomic mass is 16.3. The van der Waals surface area contributed by atoms with Crippen molar-refractivity contribution in [2.24, 2.45) is 0 Å². The highest BCUT2D eigenvalue weighted by Crippen LogP contribution is 2.43. The average Bonchev–Trinajstić information content (AvgIpc) is 2.81. The molecule has 3 atom stereocenters. The minimum absolute atomic E-state index is 0.0212. The molecule has 2 fully saturated rings. The molecule has 0 saturated carbocycles. The molecule has 2 saturated heterocycles. The van der Waals surface area contributed by atoms with Crippen molar-refractivity contribution in [2.45, 2.75) is 18.0 Å². The average molecular weight is 414 g/mol. The molecule has 31 heavy (non-hydrogen) atoms. The molecule has 156 valence electrons. The van der Waals surface area contributed by atoms with E-state index in [1.807, 2.05) is 42.6 Å². The molecule has 7 nitrogen and oxygen atoms in total. The number of pyridine rings is 2. The quantitative estimate of drug-likeness (QED) is 0.705. The number of fused-ring (bicyclic) bond motifs is 1. The van der Waals surface area contributed by atoms with Gasteiger partial charge in [-0.2, -0.15) is 0 Å². The third kappa shape index (κ3) is 3.37. The number of rotatable bonds is 4. The molecular weight excluding hydrogens is 392 g/mol. The highest BCUT2D eigenvalue weighted by molar-refractivity contribution is 5.97. The molecule has 7 heteroatoms. The topological polar surface area (TPSA) is 86.6 Å². The number of piperazine rings is 1. The van der Waals surface area contributed by atoms with E-state index in [4.69, 9.17) is 0 Å². The zero-order valence-electron chi connectivity index (χ0n) is 16.8. The number of benzene rings is 1. The first-order valence-corrected chi connectivity index (χ1v) is 10.3. The first kappa shape index (κ1) is 19.4. The predicted molar refractivity (Wildman–Crippen MR) is 114 cm³/mol. The molecular formula is C24H22N4O3. The molecule has 5 rings (SSSR count). The molecule has 2 amide bonds. The van der Waals surface area contributed by atoms with Gasteiger partial charge in [0.2, 0.25) is 5.91 Å². The van der Waals surface area contributed by atoms with E-state index in [2.05, 4.69) is 9.97 Å². The fourth-order valence-corrected chi connectivity index (χ4v) is 4.76. The normalized spacial score (nSPS) is 22.6. The zero-order chi connectivity index (χ0) is 21.4. The summed E-state index contributed by atoms with van der Waals surface area (Å²) in [6.45, 7) is 0.353. The van der Waals surface area contributed by atoms with E-state index in [0.29, 0.717) is 12.1 Å². The van der Waals surface area contributed by atoms with Gasteiger partial charge in [0.05, 0.1) is 24.3 Å². The number of hydrogen-bond acceptors (Lipinski definition) is 5. The zero-order valence-corrected chi connectivity index (χ0v) is 16.8. The van der Waals surface area contributed by atoms with Crippen LogP contribution < -0.4 is 0 Å². The fourth-order valence-electron chi connectivity index (χ4n) is 4.76. The summed E-state index contributed by atoms with van der Waals surface area (Å²) >= 11 is 0. The van der Waals surface area contributed by atoms with Crippen LogP contribution in [0.4, 0.5) is 0 Å². The van der Waals surface area contributed by atoms with E-state index in [1.165, 1.54) is 6.20 Å². The van der Waals surface area contributed by atoms with Crippen LogP contribution in [0.2, 0.25) is 0 Å². The maximum Gasteiger partial charge on any atom is 0.255 e. The van der Waals surface area contributed by atoms with Gasteiger partial charge >= 0.3 is 0 Å². The Bertz CT molecular complexity index is 1090. The van der Waals surface area contributed by atoms with Crippen LogP contribution in [0.5, 0.6) is 0 Å². The smallest absolute Gasteiger partial charge is 0.255 e. The van der Waals surface area contributed by atoms with Crippen molar-refractivity contribution in [3.05, 3.63) is 84.4 Å². The van der Waals surface area contributed by atoms with Gasteiger partial charge in [-0.15, -0.1) is 0 Å². The van der Waals surface area contributed by atoms with E-state index in [1.54, 1.807) is 34.3 Å². The van der Waals surface area contributed by atoms with Gasteiger partial charge < -0.3 is 14.9 Å². The molecule has 2 aliphatic heterocycles. The maximum absolute atomic E-state index is 12.9. The summed E-state index contributed by atoms with van der Waals surface area (Å²) in [5.74, 6) is -0.351. The SMILES string of the molecule is O=C(c1cccnc1)N1CC(=O)N2[C@H](CO)[C@H](c3ccc(-c4cccnc4)cc3)[C@H]2C1. The lowest BCUT2D eigenvalue weighted by Crippen LogP contribution is -2.73. The lowest BCUT2D eigenvalue weighted by molar-refractivity contribution is -0.159. The van der Waals surface area contributed by atoms with E-state index < -0.39 is 0 Å². The Morgan fingerprint density at radius 1 is 1.00 bits per heavy atom. The Hall–Kier alpha value is -3.58. The molecule has 1 N–H and O–H groups in total. The molecule has 2 aromatic heterocycles. The number of carbonyl (C=O) groups excluding carboxylic acids is 2. The van der Waals surface area contributed by atoms with Crippen LogP contribution >= 0.6 is 0 Å². The second kappa shape index (κ2) is 7.92.